The Morgan fingerprint density at radius 2 is 1.82 bits per heavy atom. The highest BCUT2D eigenvalue weighted by Gasteiger charge is 2.24. The lowest BCUT2D eigenvalue weighted by atomic mass is 10.2. The number of anilines is 1. The maximum absolute atomic E-state index is 12.6. The van der Waals surface area contributed by atoms with Crippen LogP contribution in [0.4, 0.5) is 5.69 Å². The van der Waals surface area contributed by atoms with Crippen molar-refractivity contribution in [2.24, 2.45) is 5.10 Å². The molecule has 2 aromatic carbocycles. The minimum absolute atomic E-state index is 0.294. The minimum Gasteiger partial charge on any atom is -0.495 e. The number of amides is 1. The molecule has 0 aliphatic heterocycles. The molecule has 0 aliphatic rings. The van der Waals surface area contributed by atoms with Crippen LogP contribution in [-0.2, 0) is 14.8 Å². The topological polar surface area (TPSA) is 93.0 Å². The smallest absolute Gasteiger partial charge is 0.260 e. The number of methoxy groups -OCH3 is 1. The molecular weight excluding hydrogens is 520 g/mol. The van der Waals surface area contributed by atoms with Crippen LogP contribution in [0.5, 0.6) is 5.75 Å². The molecule has 3 rings (SSSR count). The number of aryl methyl sites for hydroxylation is 2. The molecule has 0 spiro atoms. The number of benzene rings is 2. The van der Waals surface area contributed by atoms with Gasteiger partial charge in [-0.15, -0.1) is 0 Å². The van der Waals surface area contributed by atoms with Crippen molar-refractivity contribution in [3.63, 3.8) is 0 Å². The van der Waals surface area contributed by atoms with Gasteiger partial charge in [0, 0.05) is 27.1 Å². The van der Waals surface area contributed by atoms with Crippen molar-refractivity contribution in [1.29, 1.82) is 0 Å². The van der Waals surface area contributed by atoms with Gasteiger partial charge in [0.1, 0.15) is 12.3 Å². The Hall–Kier alpha value is -3.11. The molecule has 1 N–H and O–H groups in total. The van der Waals surface area contributed by atoms with Gasteiger partial charge in [0.05, 0.1) is 25.3 Å². The predicted molar refractivity (Wildman–Crippen MR) is 139 cm³/mol. The Bertz CT molecular complexity index is 1330. The summed E-state index contributed by atoms with van der Waals surface area (Å²) in [4.78, 5) is 12.6. The number of nitrogens with one attached hydrogen (secondary N) is 1. The molecule has 0 saturated heterocycles. The maximum Gasteiger partial charge on any atom is 0.260 e. The normalized spacial score (nSPS) is 11.6. The van der Waals surface area contributed by atoms with E-state index in [1.54, 1.807) is 24.4 Å². The van der Waals surface area contributed by atoms with Gasteiger partial charge < -0.3 is 9.30 Å². The monoisotopic (exact) mass is 546 g/mol. The van der Waals surface area contributed by atoms with Gasteiger partial charge in [0.25, 0.3) is 5.91 Å². The van der Waals surface area contributed by atoms with E-state index >= 15 is 0 Å². The highest BCUT2D eigenvalue weighted by Crippen LogP contribution is 2.30. The Balaban J connectivity index is 1.78. The molecule has 10 heteroatoms. The third-order valence-electron chi connectivity index (χ3n) is 5.24. The molecule has 0 bridgehead atoms. The Morgan fingerprint density at radius 3 is 2.44 bits per heavy atom. The maximum atomic E-state index is 12.6. The summed E-state index contributed by atoms with van der Waals surface area (Å²) >= 11 is 3.44. The average Bonchev–Trinajstić information content (AvgIpc) is 3.05. The van der Waals surface area contributed by atoms with Gasteiger partial charge in [-0.1, -0.05) is 22.0 Å². The molecule has 0 aliphatic carbocycles. The van der Waals surface area contributed by atoms with Crippen LogP contribution in [0.15, 0.2) is 58.1 Å². The lowest BCUT2D eigenvalue weighted by molar-refractivity contribution is -0.119. The molecular formula is C24H27BrN4O4S. The van der Waals surface area contributed by atoms with Gasteiger partial charge in [-0.25, -0.2) is 13.8 Å². The van der Waals surface area contributed by atoms with Crippen molar-refractivity contribution in [1.82, 2.24) is 9.99 Å². The summed E-state index contributed by atoms with van der Waals surface area (Å²) < 4.78 is 34.2. The van der Waals surface area contributed by atoms with E-state index in [0.29, 0.717) is 11.4 Å². The van der Waals surface area contributed by atoms with E-state index in [4.69, 9.17) is 4.74 Å². The Morgan fingerprint density at radius 1 is 1.15 bits per heavy atom. The number of hydrazone groups is 1. The van der Waals surface area contributed by atoms with Crippen molar-refractivity contribution in [2.75, 3.05) is 24.2 Å². The lowest BCUT2D eigenvalue weighted by Crippen LogP contribution is -2.39. The molecule has 0 saturated carbocycles. The highest BCUT2D eigenvalue weighted by molar-refractivity contribution is 9.10. The molecule has 3 aromatic rings. The number of hydrogen-bond acceptors (Lipinski definition) is 5. The van der Waals surface area contributed by atoms with Crippen LogP contribution >= 0.6 is 15.9 Å². The summed E-state index contributed by atoms with van der Waals surface area (Å²) in [5.74, 6) is -0.223. The van der Waals surface area contributed by atoms with Crippen LogP contribution in [0.25, 0.3) is 5.69 Å². The second-order valence-corrected chi connectivity index (χ2v) is 10.7. The summed E-state index contributed by atoms with van der Waals surface area (Å²) in [6.07, 6.45) is 2.59. The molecule has 0 unspecified atom stereocenters. The van der Waals surface area contributed by atoms with Crippen molar-refractivity contribution < 1.29 is 17.9 Å². The number of sulfonamides is 1. The van der Waals surface area contributed by atoms with E-state index in [9.17, 15) is 13.2 Å². The van der Waals surface area contributed by atoms with E-state index < -0.39 is 22.5 Å². The lowest BCUT2D eigenvalue weighted by Gasteiger charge is -2.23. The van der Waals surface area contributed by atoms with Crippen LogP contribution < -0.4 is 14.5 Å². The summed E-state index contributed by atoms with van der Waals surface area (Å²) in [6, 6.07) is 15.1. The molecule has 180 valence electrons. The molecule has 34 heavy (non-hydrogen) atoms. The zero-order chi connectivity index (χ0) is 25.0. The van der Waals surface area contributed by atoms with Gasteiger partial charge in [-0.3, -0.25) is 9.10 Å². The van der Waals surface area contributed by atoms with E-state index in [0.717, 1.165) is 43.2 Å². The van der Waals surface area contributed by atoms with E-state index in [2.05, 4.69) is 31.0 Å². The number of ether oxygens (including phenoxy) is 1. The fourth-order valence-electron chi connectivity index (χ4n) is 3.62. The fraction of sp³-hybridized carbons (Fsp3) is 0.250. The number of aromatic nitrogens is 1. The molecule has 0 radical (unpaired) electrons. The van der Waals surface area contributed by atoms with E-state index in [1.165, 1.54) is 7.11 Å². The number of carbonyl (C=O) groups is 1. The quantitative estimate of drug-likeness (QED) is 0.340. The standard InChI is InChI=1S/C24H27BrN4O4S/c1-16-6-11-23(33-4)22(12-16)28(34(5,31)32)15-24(30)27-26-14-19-13-17(2)29(18(19)3)21-9-7-20(25)8-10-21/h6-14H,15H2,1-5H3,(H,27,30)/b26-14-. The molecule has 1 heterocycles. The van der Waals surface area contributed by atoms with Crippen molar-refractivity contribution in [3.05, 3.63) is 75.5 Å². The number of rotatable bonds is 8. The third-order valence-corrected chi connectivity index (χ3v) is 6.89. The second-order valence-electron chi connectivity index (χ2n) is 7.88. The largest absolute Gasteiger partial charge is 0.495 e. The SMILES string of the molecule is COc1ccc(C)cc1N(CC(=O)N/N=C\c1cc(C)n(-c2ccc(Br)cc2)c1C)S(C)(=O)=O. The number of carbonyl (C=O) groups excluding carboxylic acids is 1. The van der Waals surface area contributed by atoms with Crippen molar-refractivity contribution in [2.45, 2.75) is 20.8 Å². The fourth-order valence-corrected chi connectivity index (χ4v) is 4.74. The molecule has 8 nitrogen and oxygen atoms in total. The molecule has 0 atom stereocenters. The summed E-state index contributed by atoms with van der Waals surface area (Å²) in [6.45, 7) is 5.35. The number of hydrogen-bond donors (Lipinski definition) is 1. The molecule has 0 fully saturated rings. The molecule has 1 aromatic heterocycles. The first kappa shape index (κ1) is 25.5. The minimum atomic E-state index is -3.75. The van der Waals surface area contributed by atoms with E-state index in [1.807, 2.05) is 51.1 Å². The van der Waals surface area contributed by atoms with Crippen LogP contribution in [0.1, 0.15) is 22.5 Å². The van der Waals surface area contributed by atoms with Gasteiger partial charge in [0.15, 0.2) is 0 Å². The van der Waals surface area contributed by atoms with Gasteiger partial charge in [-0.2, -0.15) is 5.10 Å². The number of halogens is 1. The van der Waals surface area contributed by atoms with Crippen molar-refractivity contribution >= 4 is 43.8 Å². The van der Waals surface area contributed by atoms with Gasteiger partial charge in [0.2, 0.25) is 10.0 Å². The Kier molecular flexibility index (Phi) is 7.83. The predicted octanol–water partition coefficient (Wildman–Crippen LogP) is 4.09. The average molecular weight is 547 g/mol. The Labute approximate surface area is 208 Å². The number of nitrogens with zero attached hydrogens (tertiary/aromatic N) is 3. The van der Waals surface area contributed by atoms with Crippen molar-refractivity contribution in [3.8, 4) is 11.4 Å². The van der Waals surface area contributed by atoms with Gasteiger partial charge in [-0.05, 0) is 68.8 Å². The van der Waals surface area contributed by atoms with Crippen LogP contribution in [-0.4, -0.2) is 45.0 Å². The zero-order valence-corrected chi connectivity index (χ0v) is 22.1. The summed E-state index contributed by atoms with van der Waals surface area (Å²) in [7, 11) is -2.30. The first-order chi connectivity index (χ1) is 16.0. The van der Waals surface area contributed by atoms with Gasteiger partial charge >= 0.3 is 0 Å². The highest BCUT2D eigenvalue weighted by atomic mass is 79.9. The summed E-state index contributed by atoms with van der Waals surface area (Å²) in [5, 5.41) is 4.06. The second kappa shape index (κ2) is 10.4. The first-order valence-electron chi connectivity index (χ1n) is 10.4. The zero-order valence-electron chi connectivity index (χ0n) is 19.7. The first-order valence-corrected chi connectivity index (χ1v) is 13.0. The molecule has 1 amide bonds. The van der Waals surface area contributed by atoms with Crippen LogP contribution in [0.2, 0.25) is 0 Å². The summed E-state index contributed by atoms with van der Waals surface area (Å²) in [5.41, 5.74) is 7.38. The van der Waals surface area contributed by atoms with Crippen LogP contribution in [0.3, 0.4) is 0 Å². The third kappa shape index (κ3) is 5.87. The van der Waals surface area contributed by atoms with E-state index in [-0.39, 0.29) is 0 Å². The van der Waals surface area contributed by atoms with Crippen LogP contribution in [0, 0.1) is 20.8 Å².